The molecule has 0 fully saturated rings. The van der Waals surface area contributed by atoms with Crippen molar-refractivity contribution in [3.63, 3.8) is 0 Å². The monoisotopic (exact) mass is 751 g/mol. The van der Waals surface area contributed by atoms with Crippen LogP contribution < -0.4 is 14.2 Å². The van der Waals surface area contributed by atoms with Gasteiger partial charge in [-0.15, -0.1) is 0 Å². The molecule has 9 aromatic rings. The number of para-hydroxylation sites is 3. The number of anilines is 2. The largest absolute Gasteiger partial charge is 0.457 e. The fraction of sp³-hybridized carbons (Fsp3) is 0.0943. The average molecular weight is 752 g/mol. The SMILES string of the molecule is CC(C)(C)c1ccnc(N2Cc3ccccc3-c3ccc(Oc4cccc(-n5c[n+](-c6c(-c7ccccc7)cccc6-c6ccccc6)c6ccccc65)c4)cc32)c1. The van der Waals surface area contributed by atoms with Crippen molar-refractivity contribution in [2.45, 2.75) is 32.7 Å². The van der Waals surface area contributed by atoms with Crippen LogP contribution in [-0.2, 0) is 12.0 Å². The van der Waals surface area contributed by atoms with Gasteiger partial charge in [-0.1, -0.05) is 142 Å². The summed E-state index contributed by atoms with van der Waals surface area (Å²) in [5, 5.41) is 0. The van der Waals surface area contributed by atoms with Crippen LogP contribution in [0.15, 0.2) is 195 Å². The molecular weight excluding hydrogens is 709 g/mol. The van der Waals surface area contributed by atoms with Crippen LogP contribution in [0.3, 0.4) is 0 Å². The van der Waals surface area contributed by atoms with Gasteiger partial charge < -0.3 is 9.64 Å². The summed E-state index contributed by atoms with van der Waals surface area (Å²) in [6.45, 7) is 7.45. The molecule has 0 saturated carbocycles. The molecule has 0 atom stereocenters. The molecule has 0 radical (unpaired) electrons. The van der Waals surface area contributed by atoms with E-state index in [-0.39, 0.29) is 5.41 Å². The van der Waals surface area contributed by atoms with E-state index in [4.69, 9.17) is 9.72 Å². The Morgan fingerprint density at radius 1 is 0.569 bits per heavy atom. The van der Waals surface area contributed by atoms with Gasteiger partial charge in [-0.05, 0) is 81.8 Å². The Hall–Kier alpha value is -7.24. The van der Waals surface area contributed by atoms with Crippen LogP contribution >= 0.6 is 0 Å². The van der Waals surface area contributed by atoms with Crippen LogP contribution in [0.2, 0.25) is 0 Å². The van der Waals surface area contributed by atoms with Gasteiger partial charge in [-0.3, -0.25) is 0 Å². The molecule has 7 aromatic carbocycles. The summed E-state index contributed by atoms with van der Waals surface area (Å²) in [5.74, 6) is 2.45. The standard InChI is InChI=1S/C53H43N4O/c1-53(2,3)40-30-31-54-51(32-40)55-35-39-20-10-11-23-44(39)47-29-28-43(34-50(47)55)58-42-22-14-21-41(33-42)56-36-57(49-27-13-12-26-48(49)56)52-45(37-16-6-4-7-17-37)24-15-25-46(52)38-18-8-5-9-19-38/h4-34,36H,35H2,1-3H3/q+1. The van der Waals surface area contributed by atoms with Crippen LogP contribution in [0.5, 0.6) is 11.5 Å². The zero-order chi connectivity index (χ0) is 39.2. The quantitative estimate of drug-likeness (QED) is 0.152. The van der Waals surface area contributed by atoms with Crippen molar-refractivity contribution in [1.82, 2.24) is 9.55 Å². The lowest BCUT2D eigenvalue weighted by Gasteiger charge is -2.33. The lowest BCUT2D eigenvalue weighted by molar-refractivity contribution is -0.566. The van der Waals surface area contributed by atoms with Crippen LogP contribution in [0.1, 0.15) is 31.9 Å². The van der Waals surface area contributed by atoms with Crippen LogP contribution in [0.4, 0.5) is 11.5 Å². The maximum absolute atomic E-state index is 6.75. The zero-order valence-corrected chi connectivity index (χ0v) is 32.9. The summed E-state index contributed by atoms with van der Waals surface area (Å²) in [7, 11) is 0. The fourth-order valence-corrected chi connectivity index (χ4v) is 8.27. The number of rotatable bonds is 7. The van der Waals surface area contributed by atoms with Gasteiger partial charge >= 0.3 is 0 Å². The van der Waals surface area contributed by atoms with E-state index in [9.17, 15) is 0 Å². The summed E-state index contributed by atoms with van der Waals surface area (Å²) in [6.07, 6.45) is 4.14. The molecule has 0 amide bonds. The van der Waals surface area contributed by atoms with Crippen molar-refractivity contribution < 1.29 is 9.30 Å². The summed E-state index contributed by atoms with van der Waals surface area (Å²) in [5.41, 5.74) is 15.0. The third-order valence-corrected chi connectivity index (χ3v) is 11.2. The van der Waals surface area contributed by atoms with Crippen molar-refractivity contribution in [2.75, 3.05) is 4.90 Å². The van der Waals surface area contributed by atoms with Crippen molar-refractivity contribution >= 4 is 22.5 Å². The second-order valence-electron chi connectivity index (χ2n) is 16.0. The Morgan fingerprint density at radius 3 is 1.98 bits per heavy atom. The van der Waals surface area contributed by atoms with Crippen molar-refractivity contribution in [2.24, 2.45) is 0 Å². The molecule has 0 spiro atoms. The predicted molar refractivity (Wildman–Crippen MR) is 236 cm³/mol. The second-order valence-corrected chi connectivity index (χ2v) is 16.0. The first-order valence-corrected chi connectivity index (χ1v) is 19.9. The molecule has 2 aromatic heterocycles. The lowest BCUT2D eigenvalue weighted by atomic mass is 9.87. The van der Waals surface area contributed by atoms with Gasteiger partial charge in [0.1, 0.15) is 28.7 Å². The third-order valence-electron chi connectivity index (χ3n) is 11.2. The highest BCUT2D eigenvalue weighted by molar-refractivity contribution is 5.88. The van der Waals surface area contributed by atoms with E-state index in [0.717, 1.165) is 63.1 Å². The minimum Gasteiger partial charge on any atom is -0.457 e. The Labute approximate surface area is 339 Å². The summed E-state index contributed by atoms with van der Waals surface area (Å²) < 4.78 is 11.3. The van der Waals surface area contributed by atoms with Crippen LogP contribution in [-0.4, -0.2) is 9.55 Å². The molecule has 0 saturated heterocycles. The lowest BCUT2D eigenvalue weighted by Crippen LogP contribution is -2.30. The van der Waals surface area contributed by atoms with Crippen molar-refractivity contribution in [1.29, 1.82) is 0 Å². The minimum atomic E-state index is 0.00394. The highest BCUT2D eigenvalue weighted by Gasteiger charge is 2.27. The maximum atomic E-state index is 6.75. The minimum absolute atomic E-state index is 0.00394. The second kappa shape index (κ2) is 14.4. The molecule has 5 heteroatoms. The first kappa shape index (κ1) is 35.2. The molecule has 3 heterocycles. The molecule has 5 nitrogen and oxygen atoms in total. The van der Waals surface area contributed by atoms with E-state index < -0.39 is 0 Å². The van der Waals surface area contributed by atoms with Gasteiger partial charge in [0, 0.05) is 35.0 Å². The topological polar surface area (TPSA) is 34.2 Å². The number of pyridine rings is 1. The third kappa shape index (κ3) is 6.41. The van der Waals surface area contributed by atoms with Gasteiger partial charge in [-0.25, -0.2) is 4.98 Å². The van der Waals surface area contributed by atoms with Gasteiger partial charge in [0.15, 0.2) is 11.0 Å². The molecule has 10 rings (SSSR count). The number of ether oxygens (including phenoxy) is 1. The van der Waals surface area contributed by atoms with E-state index in [2.05, 4.69) is 217 Å². The van der Waals surface area contributed by atoms with Crippen LogP contribution in [0.25, 0.3) is 55.8 Å². The highest BCUT2D eigenvalue weighted by Crippen LogP contribution is 2.45. The smallest absolute Gasteiger partial charge is 0.255 e. The van der Waals surface area contributed by atoms with Crippen LogP contribution in [0, 0.1) is 0 Å². The molecule has 58 heavy (non-hydrogen) atoms. The van der Waals surface area contributed by atoms with Gasteiger partial charge in [-0.2, -0.15) is 9.13 Å². The van der Waals surface area contributed by atoms with Crippen molar-refractivity contribution in [3.05, 3.63) is 206 Å². The van der Waals surface area contributed by atoms with E-state index in [1.54, 1.807) is 0 Å². The Bertz CT molecular complexity index is 2890. The zero-order valence-electron chi connectivity index (χ0n) is 32.9. The summed E-state index contributed by atoms with van der Waals surface area (Å²) in [4.78, 5) is 7.20. The molecule has 0 aliphatic carbocycles. The van der Waals surface area contributed by atoms with E-state index in [0.29, 0.717) is 0 Å². The summed E-state index contributed by atoms with van der Waals surface area (Å²) in [6, 6.07) is 64.3. The van der Waals surface area contributed by atoms with Gasteiger partial charge in [0.25, 0.3) is 6.33 Å². The molecule has 280 valence electrons. The normalized spacial score (nSPS) is 12.3. The molecule has 1 aliphatic rings. The number of hydrogen-bond acceptors (Lipinski definition) is 3. The fourth-order valence-electron chi connectivity index (χ4n) is 8.27. The number of aromatic nitrogens is 3. The summed E-state index contributed by atoms with van der Waals surface area (Å²) >= 11 is 0. The molecule has 0 N–H and O–H groups in total. The van der Waals surface area contributed by atoms with Gasteiger partial charge in [0.2, 0.25) is 0 Å². The van der Waals surface area contributed by atoms with E-state index >= 15 is 0 Å². The van der Waals surface area contributed by atoms with E-state index in [1.165, 1.54) is 33.4 Å². The predicted octanol–water partition coefficient (Wildman–Crippen LogP) is 13.0. The first-order chi connectivity index (χ1) is 28.4. The Kier molecular flexibility index (Phi) is 8.71. The molecule has 0 unspecified atom stereocenters. The number of fused-ring (bicyclic) bond motifs is 4. The van der Waals surface area contributed by atoms with Gasteiger partial charge in [0.05, 0.1) is 12.2 Å². The first-order valence-electron chi connectivity index (χ1n) is 19.9. The molecular formula is C53H43N4O+. The number of imidazole rings is 1. The molecule has 0 bridgehead atoms. The number of hydrogen-bond donors (Lipinski definition) is 0. The van der Waals surface area contributed by atoms with Crippen molar-refractivity contribution in [3.8, 4) is 56.3 Å². The highest BCUT2D eigenvalue weighted by atomic mass is 16.5. The number of benzene rings is 7. The Balaban J connectivity index is 1.06. The van der Waals surface area contributed by atoms with E-state index in [1.807, 2.05) is 12.3 Å². The maximum Gasteiger partial charge on any atom is 0.255 e. The molecule has 1 aliphatic heterocycles. The average Bonchev–Trinajstić information content (AvgIpc) is 3.66. The number of nitrogens with zero attached hydrogens (tertiary/aromatic N) is 4. The Morgan fingerprint density at radius 2 is 1.22 bits per heavy atom.